The highest BCUT2D eigenvalue weighted by Gasteiger charge is 2.33. The first-order valence-electron chi connectivity index (χ1n) is 5.25. The molecule has 0 aromatic heterocycles. The van der Waals surface area contributed by atoms with Gasteiger partial charge >= 0.3 is 7.60 Å². The maximum absolute atomic E-state index is 12.1. The third kappa shape index (κ3) is 5.01. The van der Waals surface area contributed by atoms with Crippen LogP contribution in [0.5, 0.6) is 0 Å². The van der Waals surface area contributed by atoms with E-state index in [0.717, 1.165) is 0 Å². The van der Waals surface area contributed by atoms with Gasteiger partial charge in [0.05, 0.1) is 25.3 Å². The molecule has 0 saturated carbocycles. The molecule has 94 valence electrons. The summed E-state index contributed by atoms with van der Waals surface area (Å²) in [5.41, 5.74) is 0. The van der Waals surface area contributed by atoms with E-state index in [1.54, 1.807) is 13.8 Å². The molecule has 0 aliphatic heterocycles. The summed E-state index contributed by atoms with van der Waals surface area (Å²) in [6.07, 6.45) is -0.167. The Kier molecular flexibility index (Phi) is 6.72. The van der Waals surface area contributed by atoms with E-state index in [-0.39, 0.29) is 30.9 Å². The molecule has 0 amide bonds. The van der Waals surface area contributed by atoms with Crippen LogP contribution >= 0.6 is 7.60 Å². The normalized spacial score (nSPS) is 11.8. The lowest BCUT2D eigenvalue weighted by Crippen LogP contribution is -2.24. The summed E-state index contributed by atoms with van der Waals surface area (Å²) in [5.74, 6) is -1.52. The van der Waals surface area contributed by atoms with Crippen LogP contribution in [0.15, 0.2) is 0 Å². The summed E-state index contributed by atoms with van der Waals surface area (Å²) in [7, 11) is -3.32. The van der Waals surface area contributed by atoms with Gasteiger partial charge in [0.2, 0.25) is 0 Å². The number of hydrogen-bond donors (Lipinski definition) is 0. The maximum Gasteiger partial charge on any atom is 0.331 e. The standard InChI is InChI=1S/C10H19O5P/c1-5-14-16(13,15-6-2)7-10(8(3)11)9(4)12/h10H,5-7H2,1-4H3. The molecule has 5 nitrogen and oxygen atoms in total. The van der Waals surface area contributed by atoms with Gasteiger partial charge < -0.3 is 9.05 Å². The molecule has 0 unspecified atom stereocenters. The minimum atomic E-state index is -3.32. The third-order valence-corrected chi connectivity index (χ3v) is 4.15. The lowest BCUT2D eigenvalue weighted by Gasteiger charge is -2.20. The van der Waals surface area contributed by atoms with Crippen molar-refractivity contribution in [2.45, 2.75) is 27.7 Å². The first-order chi connectivity index (χ1) is 7.36. The van der Waals surface area contributed by atoms with Crippen LogP contribution in [0.3, 0.4) is 0 Å². The van der Waals surface area contributed by atoms with Crippen molar-refractivity contribution in [1.82, 2.24) is 0 Å². The second-order valence-corrected chi connectivity index (χ2v) is 5.51. The zero-order valence-electron chi connectivity index (χ0n) is 10.2. The maximum atomic E-state index is 12.1. The van der Waals surface area contributed by atoms with Gasteiger partial charge in [0.25, 0.3) is 0 Å². The molecular weight excluding hydrogens is 231 g/mol. The van der Waals surface area contributed by atoms with Crippen LogP contribution in [0.1, 0.15) is 27.7 Å². The largest absolute Gasteiger partial charge is 0.331 e. The van der Waals surface area contributed by atoms with E-state index >= 15 is 0 Å². The molecule has 0 aliphatic rings. The Balaban J connectivity index is 4.77. The number of carbonyl (C=O) groups excluding carboxylic acids is 2. The van der Waals surface area contributed by atoms with Crippen molar-refractivity contribution >= 4 is 19.2 Å². The van der Waals surface area contributed by atoms with Crippen LogP contribution < -0.4 is 0 Å². The Morgan fingerprint density at radius 2 is 1.44 bits per heavy atom. The molecule has 0 saturated heterocycles. The molecule has 6 heteroatoms. The number of ketones is 2. The summed E-state index contributed by atoms with van der Waals surface area (Å²) in [6.45, 7) is 6.41. The van der Waals surface area contributed by atoms with Crippen molar-refractivity contribution in [3.8, 4) is 0 Å². The molecule has 0 atom stereocenters. The van der Waals surface area contributed by atoms with Gasteiger partial charge in [0, 0.05) is 0 Å². The molecule has 0 bridgehead atoms. The summed E-state index contributed by atoms with van der Waals surface area (Å²) < 4.78 is 22.1. The van der Waals surface area contributed by atoms with E-state index in [4.69, 9.17) is 9.05 Å². The quantitative estimate of drug-likeness (QED) is 0.487. The van der Waals surface area contributed by atoms with Crippen molar-refractivity contribution in [3.63, 3.8) is 0 Å². The van der Waals surface area contributed by atoms with Gasteiger partial charge in [-0.2, -0.15) is 0 Å². The van der Waals surface area contributed by atoms with Gasteiger partial charge in [0.1, 0.15) is 11.6 Å². The van der Waals surface area contributed by atoms with E-state index in [1.807, 2.05) is 0 Å². The predicted octanol–water partition coefficient (Wildman–Crippen LogP) is 2.05. The summed E-state index contributed by atoms with van der Waals surface area (Å²) in [5, 5.41) is 0. The van der Waals surface area contributed by atoms with E-state index in [2.05, 4.69) is 0 Å². The summed E-state index contributed by atoms with van der Waals surface area (Å²) in [4.78, 5) is 22.4. The highest BCUT2D eigenvalue weighted by Crippen LogP contribution is 2.49. The van der Waals surface area contributed by atoms with Crippen LogP contribution in [0, 0.1) is 5.92 Å². The Morgan fingerprint density at radius 3 is 1.69 bits per heavy atom. The van der Waals surface area contributed by atoms with Gasteiger partial charge in [-0.05, 0) is 27.7 Å². The van der Waals surface area contributed by atoms with E-state index in [9.17, 15) is 14.2 Å². The second kappa shape index (κ2) is 6.94. The monoisotopic (exact) mass is 250 g/mol. The average molecular weight is 250 g/mol. The molecule has 0 spiro atoms. The van der Waals surface area contributed by atoms with Gasteiger partial charge in [-0.15, -0.1) is 0 Å². The van der Waals surface area contributed by atoms with Crippen LogP contribution in [0.4, 0.5) is 0 Å². The fourth-order valence-corrected chi connectivity index (χ4v) is 3.34. The predicted molar refractivity (Wildman–Crippen MR) is 60.6 cm³/mol. The summed E-state index contributed by atoms with van der Waals surface area (Å²) >= 11 is 0. The van der Waals surface area contributed by atoms with Crippen molar-refractivity contribution in [1.29, 1.82) is 0 Å². The van der Waals surface area contributed by atoms with Crippen LogP contribution in [-0.4, -0.2) is 30.9 Å². The number of carbonyl (C=O) groups is 2. The van der Waals surface area contributed by atoms with Crippen LogP contribution in [0.2, 0.25) is 0 Å². The molecule has 0 heterocycles. The fraction of sp³-hybridized carbons (Fsp3) is 0.800. The van der Waals surface area contributed by atoms with Crippen molar-refractivity contribution < 1.29 is 23.2 Å². The highest BCUT2D eigenvalue weighted by atomic mass is 31.2. The molecule has 0 aliphatic carbocycles. The smallest absolute Gasteiger partial charge is 0.309 e. The number of rotatable bonds is 8. The Hall–Kier alpha value is -0.510. The van der Waals surface area contributed by atoms with E-state index < -0.39 is 13.5 Å². The zero-order valence-corrected chi connectivity index (χ0v) is 11.1. The Bertz CT molecular complexity index is 276. The Labute approximate surface area is 96.0 Å². The van der Waals surface area contributed by atoms with Gasteiger partial charge in [-0.25, -0.2) is 0 Å². The van der Waals surface area contributed by atoms with Gasteiger partial charge in [0.15, 0.2) is 0 Å². The molecule has 16 heavy (non-hydrogen) atoms. The van der Waals surface area contributed by atoms with Crippen LogP contribution in [-0.2, 0) is 23.2 Å². The van der Waals surface area contributed by atoms with Gasteiger partial charge in [-0.1, -0.05) is 0 Å². The minimum absolute atomic E-state index is 0.167. The van der Waals surface area contributed by atoms with Crippen molar-refractivity contribution in [3.05, 3.63) is 0 Å². The second-order valence-electron chi connectivity index (χ2n) is 3.40. The summed E-state index contributed by atoms with van der Waals surface area (Å²) in [6, 6.07) is 0. The molecule has 0 rings (SSSR count). The lowest BCUT2D eigenvalue weighted by atomic mass is 10.0. The molecule has 0 aromatic rings. The van der Waals surface area contributed by atoms with Crippen molar-refractivity contribution in [2.75, 3.05) is 19.4 Å². The lowest BCUT2D eigenvalue weighted by molar-refractivity contribution is -0.129. The first kappa shape index (κ1) is 15.5. The first-order valence-corrected chi connectivity index (χ1v) is 6.98. The highest BCUT2D eigenvalue weighted by molar-refractivity contribution is 7.53. The van der Waals surface area contributed by atoms with Crippen molar-refractivity contribution in [2.24, 2.45) is 5.92 Å². The average Bonchev–Trinajstić information content (AvgIpc) is 2.14. The molecule has 0 fully saturated rings. The minimum Gasteiger partial charge on any atom is -0.309 e. The molecule has 0 aromatic carbocycles. The molecule has 0 radical (unpaired) electrons. The topological polar surface area (TPSA) is 69.7 Å². The number of Topliss-reactive ketones (excluding diaryl/α,β-unsaturated/α-hetero) is 2. The van der Waals surface area contributed by atoms with E-state index in [0.29, 0.717) is 0 Å². The van der Waals surface area contributed by atoms with E-state index in [1.165, 1.54) is 13.8 Å². The molecule has 0 N–H and O–H groups in total. The fourth-order valence-electron chi connectivity index (χ4n) is 1.30. The molecular formula is C10H19O5P. The SMILES string of the molecule is CCOP(=O)(CC(C(C)=O)C(C)=O)OCC. The Morgan fingerprint density at radius 1 is 1.06 bits per heavy atom. The van der Waals surface area contributed by atoms with Crippen LogP contribution in [0.25, 0.3) is 0 Å². The number of hydrogen-bond acceptors (Lipinski definition) is 5. The zero-order chi connectivity index (χ0) is 12.8. The van der Waals surface area contributed by atoms with Gasteiger partial charge in [-0.3, -0.25) is 14.2 Å². The third-order valence-electron chi connectivity index (χ3n) is 2.04.